The van der Waals surface area contributed by atoms with Crippen LogP contribution >= 0.6 is 0 Å². The highest BCUT2D eigenvalue weighted by molar-refractivity contribution is 6.33. The Kier molecular flexibility index (Phi) is 9.26. The normalized spacial score (nSPS) is 11.3. The van der Waals surface area contributed by atoms with Crippen molar-refractivity contribution in [3.63, 3.8) is 0 Å². The Labute approximate surface area is 357 Å². The summed E-state index contributed by atoms with van der Waals surface area (Å²) in [5, 5.41) is 7.59. The third-order valence-corrected chi connectivity index (χ3v) is 12.0. The molecule has 11 aromatic rings. The second kappa shape index (κ2) is 15.6. The number of hydrogen-bond donors (Lipinski definition) is 0. The summed E-state index contributed by atoms with van der Waals surface area (Å²) >= 11 is 0. The number of nitrogens with zero attached hydrogens (tertiary/aromatic N) is 1. The molecule has 0 atom stereocenters. The van der Waals surface area contributed by atoms with Crippen LogP contribution in [0.25, 0.3) is 88.0 Å². The van der Waals surface area contributed by atoms with Gasteiger partial charge in [0.05, 0.1) is 0 Å². The van der Waals surface area contributed by atoms with E-state index in [2.05, 4.69) is 254 Å². The maximum absolute atomic E-state index is 2.43. The number of benzene rings is 11. The van der Waals surface area contributed by atoms with E-state index in [-0.39, 0.29) is 0 Å². The zero-order valence-corrected chi connectivity index (χ0v) is 33.6. The number of hydrogen-bond acceptors (Lipinski definition) is 1. The fraction of sp³-hybridized carbons (Fsp3) is 0. The van der Waals surface area contributed by atoms with Gasteiger partial charge in [0, 0.05) is 17.1 Å². The van der Waals surface area contributed by atoms with Crippen LogP contribution in [-0.4, -0.2) is 0 Å². The van der Waals surface area contributed by atoms with E-state index in [0.717, 1.165) is 17.1 Å². The van der Waals surface area contributed by atoms with Crippen molar-refractivity contribution in [1.29, 1.82) is 0 Å². The van der Waals surface area contributed by atoms with Crippen molar-refractivity contribution in [1.82, 2.24) is 0 Å². The minimum absolute atomic E-state index is 1.12. The predicted octanol–water partition coefficient (Wildman–Crippen LogP) is 17.0. The van der Waals surface area contributed by atoms with Crippen molar-refractivity contribution in [2.45, 2.75) is 0 Å². The molecule has 61 heavy (non-hydrogen) atoms. The monoisotopic (exact) mass is 775 g/mol. The first-order valence-corrected chi connectivity index (χ1v) is 21.0. The summed E-state index contributed by atoms with van der Waals surface area (Å²) in [5.41, 5.74) is 15.5. The largest absolute Gasteiger partial charge is 0.311 e. The molecule has 0 fully saturated rings. The maximum atomic E-state index is 2.43. The Balaban J connectivity index is 1.05. The van der Waals surface area contributed by atoms with Gasteiger partial charge in [-0.15, -0.1) is 0 Å². The number of anilines is 3. The van der Waals surface area contributed by atoms with Crippen LogP contribution in [0.1, 0.15) is 0 Å². The average molecular weight is 776 g/mol. The third kappa shape index (κ3) is 6.63. The maximum Gasteiger partial charge on any atom is 0.0462 e. The molecule has 0 saturated carbocycles. The first kappa shape index (κ1) is 36.1. The highest BCUT2D eigenvalue weighted by atomic mass is 15.1. The molecule has 0 aromatic heterocycles. The van der Waals surface area contributed by atoms with Gasteiger partial charge in [-0.05, 0) is 136 Å². The average Bonchev–Trinajstić information content (AvgIpc) is 3.35. The molecule has 11 rings (SSSR count). The van der Waals surface area contributed by atoms with E-state index in [1.54, 1.807) is 0 Å². The predicted molar refractivity (Wildman–Crippen MR) is 261 cm³/mol. The molecule has 0 aliphatic rings. The van der Waals surface area contributed by atoms with Crippen molar-refractivity contribution in [3.05, 3.63) is 249 Å². The van der Waals surface area contributed by atoms with E-state index in [1.165, 1.54) is 88.0 Å². The van der Waals surface area contributed by atoms with Crippen LogP contribution < -0.4 is 4.90 Å². The van der Waals surface area contributed by atoms with E-state index in [1.807, 2.05) is 0 Å². The van der Waals surface area contributed by atoms with Crippen LogP contribution in [0.4, 0.5) is 17.1 Å². The second-order valence-electron chi connectivity index (χ2n) is 15.6. The standard InChI is InChI=1S/C60H41N/c1-6-18-45(19-7-1)55-41-56(46-20-8-2-9-21-46)59-53-29-17-16-28-52(53)57-40-48(36-39-54(57)60(59)58(55)47-22-10-3-11-23-47)44-32-30-42(31-33-44)43-34-37-51(38-35-43)61(49-24-12-4-13-25-49)50-26-14-5-15-27-50/h1-41H. The smallest absolute Gasteiger partial charge is 0.0462 e. The number of fused-ring (bicyclic) bond motifs is 6. The summed E-state index contributed by atoms with van der Waals surface area (Å²) in [4.78, 5) is 2.30. The molecule has 0 aliphatic heterocycles. The van der Waals surface area contributed by atoms with E-state index in [0.29, 0.717) is 0 Å². The summed E-state index contributed by atoms with van der Waals surface area (Å²) in [7, 11) is 0. The van der Waals surface area contributed by atoms with Crippen molar-refractivity contribution in [2.24, 2.45) is 0 Å². The molecule has 0 radical (unpaired) electrons. The Morgan fingerprint density at radius 3 is 1.16 bits per heavy atom. The number of para-hydroxylation sites is 2. The molecule has 286 valence electrons. The summed E-state index contributed by atoms with van der Waals surface area (Å²) in [6, 6.07) is 90.3. The van der Waals surface area contributed by atoms with Gasteiger partial charge < -0.3 is 4.90 Å². The molecule has 0 N–H and O–H groups in total. The van der Waals surface area contributed by atoms with Crippen LogP contribution in [0.5, 0.6) is 0 Å². The van der Waals surface area contributed by atoms with Gasteiger partial charge in [-0.25, -0.2) is 0 Å². The van der Waals surface area contributed by atoms with Gasteiger partial charge in [-0.1, -0.05) is 200 Å². The quantitative estimate of drug-likeness (QED) is 0.139. The Hall–Kier alpha value is -8.00. The fourth-order valence-electron chi connectivity index (χ4n) is 9.19. The van der Waals surface area contributed by atoms with Crippen molar-refractivity contribution in [3.8, 4) is 55.6 Å². The lowest BCUT2D eigenvalue weighted by atomic mass is 9.81. The minimum Gasteiger partial charge on any atom is -0.311 e. The highest BCUT2D eigenvalue weighted by Gasteiger charge is 2.22. The topological polar surface area (TPSA) is 3.24 Å². The molecule has 1 nitrogen and oxygen atoms in total. The first-order chi connectivity index (χ1) is 30.3. The SMILES string of the molecule is c1ccc(-c2cc(-c3ccccc3)c3c4ccccc4c4cc(-c5ccc(-c6ccc(N(c7ccccc7)c7ccccc7)cc6)cc5)ccc4c3c2-c2ccccc2)cc1. The van der Waals surface area contributed by atoms with Gasteiger partial charge in [0.2, 0.25) is 0 Å². The summed E-state index contributed by atoms with van der Waals surface area (Å²) < 4.78 is 0. The van der Waals surface area contributed by atoms with Gasteiger partial charge in [-0.2, -0.15) is 0 Å². The second-order valence-corrected chi connectivity index (χ2v) is 15.6. The lowest BCUT2D eigenvalue weighted by molar-refractivity contribution is 1.28. The Bertz CT molecular complexity index is 3250. The van der Waals surface area contributed by atoms with Gasteiger partial charge >= 0.3 is 0 Å². The summed E-state index contributed by atoms with van der Waals surface area (Å²) in [6.07, 6.45) is 0. The molecule has 0 unspecified atom stereocenters. The molecule has 0 saturated heterocycles. The highest BCUT2D eigenvalue weighted by Crippen LogP contribution is 2.49. The molecule has 0 bridgehead atoms. The Morgan fingerprint density at radius 1 is 0.213 bits per heavy atom. The minimum atomic E-state index is 1.12. The molecule has 1 heteroatoms. The van der Waals surface area contributed by atoms with E-state index in [4.69, 9.17) is 0 Å². The lowest BCUT2D eigenvalue weighted by Gasteiger charge is -2.25. The lowest BCUT2D eigenvalue weighted by Crippen LogP contribution is -2.09. The zero-order valence-electron chi connectivity index (χ0n) is 33.6. The summed E-state index contributed by atoms with van der Waals surface area (Å²) in [6.45, 7) is 0. The van der Waals surface area contributed by atoms with Crippen LogP contribution in [0.2, 0.25) is 0 Å². The van der Waals surface area contributed by atoms with E-state index < -0.39 is 0 Å². The van der Waals surface area contributed by atoms with Crippen molar-refractivity contribution >= 4 is 49.4 Å². The van der Waals surface area contributed by atoms with Crippen molar-refractivity contribution in [2.75, 3.05) is 4.90 Å². The molecule has 0 heterocycles. The van der Waals surface area contributed by atoms with Crippen LogP contribution in [0, 0.1) is 0 Å². The molecular weight excluding hydrogens is 735 g/mol. The van der Waals surface area contributed by atoms with Crippen LogP contribution in [0.3, 0.4) is 0 Å². The Morgan fingerprint density at radius 2 is 0.607 bits per heavy atom. The van der Waals surface area contributed by atoms with Crippen LogP contribution in [-0.2, 0) is 0 Å². The molecule has 0 amide bonds. The van der Waals surface area contributed by atoms with Crippen LogP contribution in [0.15, 0.2) is 249 Å². The first-order valence-electron chi connectivity index (χ1n) is 21.0. The zero-order chi connectivity index (χ0) is 40.5. The molecular formula is C60H41N. The van der Waals surface area contributed by atoms with E-state index >= 15 is 0 Å². The van der Waals surface area contributed by atoms with Crippen molar-refractivity contribution < 1.29 is 0 Å². The fourth-order valence-corrected chi connectivity index (χ4v) is 9.19. The third-order valence-electron chi connectivity index (χ3n) is 12.0. The van der Waals surface area contributed by atoms with Gasteiger partial charge in [0.1, 0.15) is 0 Å². The van der Waals surface area contributed by atoms with E-state index in [9.17, 15) is 0 Å². The molecule has 11 aromatic carbocycles. The molecule has 0 spiro atoms. The number of rotatable bonds is 8. The molecule has 0 aliphatic carbocycles. The van der Waals surface area contributed by atoms with Gasteiger partial charge in [0.25, 0.3) is 0 Å². The summed E-state index contributed by atoms with van der Waals surface area (Å²) in [5.74, 6) is 0. The van der Waals surface area contributed by atoms with Gasteiger partial charge in [-0.3, -0.25) is 0 Å². The van der Waals surface area contributed by atoms with Gasteiger partial charge in [0.15, 0.2) is 0 Å².